The van der Waals surface area contributed by atoms with Gasteiger partial charge in [-0.2, -0.15) is 0 Å². The minimum absolute atomic E-state index is 0.301. The summed E-state index contributed by atoms with van der Waals surface area (Å²) in [5.74, 6) is 0.718. The van der Waals surface area contributed by atoms with E-state index in [1.807, 2.05) is 0 Å². The Kier molecular flexibility index (Phi) is 5.96. The van der Waals surface area contributed by atoms with Gasteiger partial charge < -0.3 is 4.79 Å². The quantitative estimate of drug-likeness (QED) is 0.626. The number of benzene rings is 1. The number of unbranched alkanes of at least 4 members (excludes halogenated alkanes) is 2. The van der Waals surface area contributed by atoms with Gasteiger partial charge in [0, 0.05) is 6.42 Å². The molecule has 0 aliphatic rings. The van der Waals surface area contributed by atoms with Gasteiger partial charge in [-0.1, -0.05) is 50.5 Å². The van der Waals surface area contributed by atoms with Crippen LogP contribution in [0.25, 0.3) is 0 Å². The van der Waals surface area contributed by atoms with Gasteiger partial charge in [0.15, 0.2) is 0 Å². The number of ketones is 1. The second-order valence-electron chi connectivity index (χ2n) is 4.96. The van der Waals surface area contributed by atoms with Crippen LogP contribution in [0, 0.1) is 6.92 Å². The Morgan fingerprint density at radius 3 is 2.53 bits per heavy atom. The molecule has 0 fully saturated rings. The largest absolute Gasteiger partial charge is 0.300 e. The van der Waals surface area contributed by atoms with Crippen molar-refractivity contribution in [2.75, 3.05) is 0 Å². The van der Waals surface area contributed by atoms with Crippen molar-refractivity contribution in [3.05, 3.63) is 35.4 Å². The number of hydrogen-bond donors (Lipinski definition) is 0. The van der Waals surface area contributed by atoms with Crippen molar-refractivity contribution in [3.8, 4) is 0 Å². The first-order valence-electron chi connectivity index (χ1n) is 6.70. The molecule has 17 heavy (non-hydrogen) atoms. The summed E-state index contributed by atoms with van der Waals surface area (Å²) in [5, 5.41) is 0. The molecule has 0 aromatic heterocycles. The number of hydrogen-bond acceptors (Lipinski definition) is 1. The average molecular weight is 232 g/mol. The molecule has 0 aliphatic heterocycles. The minimum atomic E-state index is 0.301. The lowest BCUT2D eigenvalue weighted by atomic mass is 9.86. The molecule has 0 saturated heterocycles. The van der Waals surface area contributed by atoms with Crippen molar-refractivity contribution >= 4 is 5.78 Å². The van der Waals surface area contributed by atoms with Crippen LogP contribution in [0.1, 0.15) is 63.0 Å². The van der Waals surface area contributed by atoms with E-state index in [1.165, 1.54) is 30.4 Å². The average Bonchev–Trinajstić information content (AvgIpc) is 2.28. The van der Waals surface area contributed by atoms with E-state index >= 15 is 0 Å². The van der Waals surface area contributed by atoms with Gasteiger partial charge in [-0.25, -0.2) is 0 Å². The van der Waals surface area contributed by atoms with Crippen LogP contribution >= 0.6 is 0 Å². The van der Waals surface area contributed by atoms with Crippen LogP contribution in [-0.4, -0.2) is 5.78 Å². The normalized spacial score (nSPS) is 12.4. The molecule has 94 valence electrons. The van der Waals surface area contributed by atoms with E-state index < -0.39 is 0 Å². The molecule has 0 saturated carbocycles. The molecule has 0 radical (unpaired) electrons. The Bertz CT molecular complexity index is 354. The number of carbonyl (C=O) groups excluding carboxylic acids is 1. The van der Waals surface area contributed by atoms with Crippen molar-refractivity contribution < 1.29 is 4.79 Å². The van der Waals surface area contributed by atoms with Gasteiger partial charge in [0.25, 0.3) is 0 Å². The van der Waals surface area contributed by atoms with Crippen molar-refractivity contribution in [1.29, 1.82) is 0 Å². The Labute approximate surface area is 105 Å². The maximum Gasteiger partial charge on any atom is 0.130 e. The fourth-order valence-electron chi connectivity index (χ4n) is 2.40. The molecule has 0 N–H and O–H groups in total. The Balaban J connectivity index is 2.75. The van der Waals surface area contributed by atoms with Crippen LogP contribution in [0.4, 0.5) is 0 Å². The van der Waals surface area contributed by atoms with Gasteiger partial charge in [0.2, 0.25) is 0 Å². The van der Waals surface area contributed by atoms with Gasteiger partial charge in [-0.15, -0.1) is 0 Å². The Morgan fingerprint density at radius 1 is 1.24 bits per heavy atom. The molecule has 0 spiro atoms. The number of rotatable bonds is 7. The predicted octanol–water partition coefficient (Wildman–Crippen LogP) is 4.64. The highest BCUT2D eigenvalue weighted by molar-refractivity contribution is 5.76. The topological polar surface area (TPSA) is 17.1 Å². The Hall–Kier alpha value is -1.11. The van der Waals surface area contributed by atoms with Crippen LogP contribution in [0.3, 0.4) is 0 Å². The molecule has 1 aromatic carbocycles. The third-order valence-electron chi connectivity index (χ3n) is 3.32. The molecule has 0 bridgehead atoms. The number of aryl methyl sites for hydroxylation is 1. The molecule has 0 amide bonds. The zero-order valence-electron chi connectivity index (χ0n) is 11.3. The van der Waals surface area contributed by atoms with Crippen LogP contribution in [0.15, 0.2) is 24.3 Å². The standard InChI is InChI=1S/C16H24O/c1-4-5-6-10-15(12-14(3)17)16-11-8-7-9-13(16)2/h7-9,11,15H,4-6,10,12H2,1-3H3. The second kappa shape index (κ2) is 7.26. The lowest BCUT2D eigenvalue weighted by Gasteiger charge is -2.18. The number of carbonyl (C=O) groups is 1. The summed E-state index contributed by atoms with van der Waals surface area (Å²) in [4.78, 5) is 11.4. The fraction of sp³-hybridized carbons (Fsp3) is 0.562. The van der Waals surface area contributed by atoms with Crippen LogP contribution < -0.4 is 0 Å². The van der Waals surface area contributed by atoms with E-state index in [9.17, 15) is 4.79 Å². The predicted molar refractivity (Wildman–Crippen MR) is 73.4 cm³/mol. The van der Waals surface area contributed by atoms with Crippen molar-refractivity contribution in [1.82, 2.24) is 0 Å². The fourth-order valence-corrected chi connectivity index (χ4v) is 2.40. The molecule has 1 atom stereocenters. The summed E-state index contributed by atoms with van der Waals surface area (Å²) in [7, 11) is 0. The summed E-state index contributed by atoms with van der Waals surface area (Å²) in [6.45, 7) is 6.06. The highest BCUT2D eigenvalue weighted by Crippen LogP contribution is 2.28. The summed E-state index contributed by atoms with van der Waals surface area (Å²) < 4.78 is 0. The maximum absolute atomic E-state index is 11.4. The van der Waals surface area contributed by atoms with Gasteiger partial charge >= 0.3 is 0 Å². The highest BCUT2D eigenvalue weighted by atomic mass is 16.1. The van der Waals surface area contributed by atoms with Crippen LogP contribution in [-0.2, 0) is 4.79 Å². The lowest BCUT2D eigenvalue weighted by molar-refractivity contribution is -0.117. The third-order valence-corrected chi connectivity index (χ3v) is 3.32. The zero-order valence-corrected chi connectivity index (χ0v) is 11.3. The third kappa shape index (κ3) is 4.72. The molecule has 1 heteroatoms. The zero-order chi connectivity index (χ0) is 12.7. The monoisotopic (exact) mass is 232 g/mol. The first kappa shape index (κ1) is 14.0. The first-order valence-corrected chi connectivity index (χ1v) is 6.70. The summed E-state index contributed by atoms with van der Waals surface area (Å²) in [6.07, 6.45) is 5.55. The van der Waals surface area contributed by atoms with Gasteiger partial charge in [-0.05, 0) is 37.3 Å². The van der Waals surface area contributed by atoms with Gasteiger partial charge in [-0.3, -0.25) is 0 Å². The summed E-state index contributed by atoms with van der Waals surface area (Å²) in [6, 6.07) is 8.46. The molecule has 1 aromatic rings. The van der Waals surface area contributed by atoms with Crippen molar-refractivity contribution in [2.24, 2.45) is 0 Å². The van der Waals surface area contributed by atoms with Gasteiger partial charge in [0.05, 0.1) is 0 Å². The SMILES string of the molecule is CCCCCC(CC(C)=O)c1ccccc1C. The van der Waals surface area contributed by atoms with Crippen LogP contribution in [0.5, 0.6) is 0 Å². The van der Waals surface area contributed by atoms with Gasteiger partial charge in [0.1, 0.15) is 5.78 Å². The van der Waals surface area contributed by atoms with E-state index in [1.54, 1.807) is 6.92 Å². The van der Waals surface area contributed by atoms with E-state index in [0.717, 1.165) is 6.42 Å². The van der Waals surface area contributed by atoms with E-state index in [-0.39, 0.29) is 0 Å². The van der Waals surface area contributed by atoms with E-state index in [4.69, 9.17) is 0 Å². The molecular weight excluding hydrogens is 208 g/mol. The Morgan fingerprint density at radius 2 is 1.94 bits per heavy atom. The molecule has 1 nitrogen and oxygen atoms in total. The molecule has 0 aliphatic carbocycles. The lowest BCUT2D eigenvalue weighted by Crippen LogP contribution is -2.06. The smallest absolute Gasteiger partial charge is 0.130 e. The van der Waals surface area contributed by atoms with Crippen molar-refractivity contribution in [3.63, 3.8) is 0 Å². The molecule has 0 heterocycles. The van der Waals surface area contributed by atoms with E-state index in [2.05, 4.69) is 38.1 Å². The van der Waals surface area contributed by atoms with E-state index in [0.29, 0.717) is 18.1 Å². The summed E-state index contributed by atoms with van der Waals surface area (Å²) >= 11 is 0. The molecule has 1 unspecified atom stereocenters. The highest BCUT2D eigenvalue weighted by Gasteiger charge is 2.15. The first-order chi connectivity index (χ1) is 8.15. The summed E-state index contributed by atoms with van der Waals surface area (Å²) in [5.41, 5.74) is 2.68. The number of Topliss-reactive ketones (excluding diaryl/α,β-unsaturated/α-hetero) is 1. The van der Waals surface area contributed by atoms with Crippen LogP contribution in [0.2, 0.25) is 0 Å². The minimum Gasteiger partial charge on any atom is -0.300 e. The molecular formula is C16H24O. The maximum atomic E-state index is 11.4. The molecule has 1 rings (SSSR count). The second-order valence-corrected chi connectivity index (χ2v) is 4.96. The van der Waals surface area contributed by atoms with Crippen molar-refractivity contribution in [2.45, 2.75) is 58.8 Å².